The molecule has 0 bridgehead atoms. The van der Waals surface area contributed by atoms with Crippen LogP contribution in [0.5, 0.6) is 0 Å². The van der Waals surface area contributed by atoms with E-state index in [9.17, 15) is 0 Å². The van der Waals surface area contributed by atoms with Gasteiger partial charge in [-0.3, -0.25) is 5.41 Å². The Kier molecular flexibility index (Phi) is 2.73. The first-order chi connectivity index (χ1) is 2.81. The molecule has 36 valence electrons. The maximum Gasteiger partial charge on any atom is 0.148 e. The molecule has 0 aromatic carbocycles. The largest absolute Gasteiger partial charge is 0.262 e. The van der Waals surface area contributed by atoms with E-state index in [1.165, 1.54) is 0 Å². The maximum absolute atomic E-state index is 5.39. The lowest BCUT2D eigenvalue weighted by molar-refractivity contribution is -0.118. The average Bonchev–Trinajstić information content (AvgIpc) is 1.65. The molecular formula is C5H12N+. The van der Waals surface area contributed by atoms with E-state index in [0.717, 1.165) is 18.6 Å². The molecular weight excluding hydrogens is 74.1 g/mol. The van der Waals surface area contributed by atoms with Gasteiger partial charge in [0.1, 0.15) is 5.71 Å². The van der Waals surface area contributed by atoms with Gasteiger partial charge >= 0.3 is 0 Å². The van der Waals surface area contributed by atoms with Crippen LogP contribution in [-0.4, -0.2) is 5.71 Å². The second-order valence-corrected chi connectivity index (χ2v) is 1.37. The van der Waals surface area contributed by atoms with Gasteiger partial charge in [-0.25, -0.2) is 0 Å². The Morgan fingerprint density at radius 3 is 1.67 bits per heavy atom. The van der Waals surface area contributed by atoms with Crippen molar-refractivity contribution in [2.24, 2.45) is 0 Å². The molecule has 0 unspecified atom stereocenters. The van der Waals surface area contributed by atoms with Crippen LogP contribution in [0, 0.1) is 0 Å². The fourth-order valence-corrected chi connectivity index (χ4v) is 0.250. The zero-order valence-electron chi connectivity index (χ0n) is 4.49. The van der Waals surface area contributed by atoms with Crippen LogP contribution in [0.25, 0.3) is 0 Å². The van der Waals surface area contributed by atoms with Crippen LogP contribution in [-0.2, 0) is 0 Å². The predicted octanol–water partition coefficient (Wildman–Crippen LogP) is 0.00650. The lowest BCUT2D eigenvalue weighted by Gasteiger charge is -1.79. The molecule has 2 N–H and O–H groups in total. The van der Waals surface area contributed by atoms with Crippen LogP contribution >= 0.6 is 0 Å². The molecule has 6 heavy (non-hydrogen) atoms. The summed E-state index contributed by atoms with van der Waals surface area (Å²) in [5.74, 6) is 0. The van der Waals surface area contributed by atoms with Crippen LogP contribution in [0.3, 0.4) is 0 Å². The number of rotatable bonds is 2. The number of hydrogen-bond acceptors (Lipinski definition) is 0. The molecule has 0 heterocycles. The highest BCUT2D eigenvalue weighted by Crippen LogP contribution is 1.79. The first-order valence-electron chi connectivity index (χ1n) is 2.41. The molecule has 0 aliphatic heterocycles. The smallest absolute Gasteiger partial charge is 0.148 e. The van der Waals surface area contributed by atoms with Crippen molar-refractivity contribution in [3.8, 4) is 0 Å². The molecule has 0 radical (unpaired) electrons. The van der Waals surface area contributed by atoms with Gasteiger partial charge in [0.05, 0.1) is 0 Å². The van der Waals surface area contributed by atoms with Gasteiger partial charge in [-0.1, -0.05) is 13.8 Å². The van der Waals surface area contributed by atoms with E-state index in [1.807, 2.05) is 0 Å². The van der Waals surface area contributed by atoms with Gasteiger partial charge in [0.15, 0.2) is 0 Å². The monoisotopic (exact) mass is 86.1 g/mol. The predicted molar refractivity (Wildman–Crippen MR) is 27.5 cm³/mol. The molecule has 0 aliphatic carbocycles. The molecule has 0 saturated carbocycles. The first-order valence-corrected chi connectivity index (χ1v) is 2.41. The molecule has 1 heteroatoms. The van der Waals surface area contributed by atoms with Crippen LogP contribution in [0.1, 0.15) is 26.7 Å². The summed E-state index contributed by atoms with van der Waals surface area (Å²) >= 11 is 0. The summed E-state index contributed by atoms with van der Waals surface area (Å²) in [7, 11) is 0. The highest BCUT2D eigenvalue weighted by atomic mass is 14.4. The van der Waals surface area contributed by atoms with Crippen molar-refractivity contribution in [1.29, 1.82) is 0 Å². The Morgan fingerprint density at radius 2 is 1.67 bits per heavy atom. The van der Waals surface area contributed by atoms with Gasteiger partial charge in [-0.15, -0.1) is 0 Å². The van der Waals surface area contributed by atoms with E-state index in [2.05, 4.69) is 13.8 Å². The molecule has 0 rings (SSSR count). The fraction of sp³-hybridized carbons (Fsp3) is 0.800. The Balaban J connectivity index is 2.99. The minimum Gasteiger partial charge on any atom is -0.262 e. The van der Waals surface area contributed by atoms with Gasteiger partial charge in [0.2, 0.25) is 0 Å². The highest BCUT2D eigenvalue weighted by molar-refractivity contribution is 5.77. The van der Waals surface area contributed by atoms with Gasteiger partial charge < -0.3 is 0 Å². The Morgan fingerprint density at radius 1 is 1.33 bits per heavy atom. The van der Waals surface area contributed by atoms with E-state index in [1.54, 1.807) is 0 Å². The zero-order valence-corrected chi connectivity index (χ0v) is 4.49. The van der Waals surface area contributed by atoms with Gasteiger partial charge in [0, 0.05) is 12.8 Å². The van der Waals surface area contributed by atoms with Crippen molar-refractivity contribution in [2.75, 3.05) is 0 Å². The highest BCUT2D eigenvalue weighted by Gasteiger charge is 1.88. The summed E-state index contributed by atoms with van der Waals surface area (Å²) in [6, 6.07) is 0. The van der Waals surface area contributed by atoms with Crippen LogP contribution in [0.2, 0.25) is 0 Å². The van der Waals surface area contributed by atoms with E-state index in [0.29, 0.717) is 0 Å². The van der Waals surface area contributed by atoms with Crippen LogP contribution in [0.15, 0.2) is 0 Å². The minimum absolute atomic E-state index is 1.02. The molecule has 0 amide bonds. The van der Waals surface area contributed by atoms with Crippen molar-refractivity contribution >= 4 is 5.71 Å². The van der Waals surface area contributed by atoms with Crippen LogP contribution in [0.4, 0.5) is 0 Å². The Labute approximate surface area is 38.9 Å². The molecule has 0 aromatic heterocycles. The normalized spacial score (nSPS) is 8.33. The fourth-order valence-electron chi connectivity index (χ4n) is 0.250. The van der Waals surface area contributed by atoms with E-state index in [4.69, 9.17) is 5.41 Å². The topological polar surface area (TPSA) is 25.6 Å². The molecule has 0 saturated heterocycles. The second kappa shape index (κ2) is 2.88. The summed E-state index contributed by atoms with van der Waals surface area (Å²) in [6.07, 6.45) is 2.05. The van der Waals surface area contributed by atoms with E-state index >= 15 is 0 Å². The van der Waals surface area contributed by atoms with Crippen molar-refractivity contribution in [3.05, 3.63) is 0 Å². The summed E-state index contributed by atoms with van der Waals surface area (Å²) in [4.78, 5) is 0. The molecule has 0 aliphatic rings. The van der Waals surface area contributed by atoms with Gasteiger partial charge in [-0.2, -0.15) is 0 Å². The Bertz CT molecular complexity index is 41.9. The average molecular weight is 86.2 g/mol. The zero-order chi connectivity index (χ0) is 4.99. The summed E-state index contributed by atoms with van der Waals surface area (Å²) in [5, 5.41) is 5.39. The van der Waals surface area contributed by atoms with Gasteiger partial charge in [0.25, 0.3) is 0 Å². The van der Waals surface area contributed by atoms with Crippen molar-refractivity contribution in [3.63, 3.8) is 0 Å². The number of hydrogen-bond donors (Lipinski definition) is 1. The van der Waals surface area contributed by atoms with E-state index < -0.39 is 0 Å². The summed E-state index contributed by atoms with van der Waals surface area (Å²) in [5.41, 5.74) is 1.09. The molecule has 0 atom stereocenters. The third-order valence-corrected chi connectivity index (χ3v) is 0.908. The van der Waals surface area contributed by atoms with Gasteiger partial charge in [-0.05, 0) is 0 Å². The van der Waals surface area contributed by atoms with Crippen molar-refractivity contribution in [2.45, 2.75) is 26.7 Å². The number of nitrogens with two attached hydrogens (primary N) is 1. The molecule has 0 fully saturated rings. The quantitative estimate of drug-likeness (QED) is 0.458. The Hall–Kier alpha value is -0.330. The van der Waals surface area contributed by atoms with E-state index in [-0.39, 0.29) is 0 Å². The SMILES string of the molecule is CCC(=[NH2+])CC. The first kappa shape index (κ1) is 5.67. The van der Waals surface area contributed by atoms with Crippen molar-refractivity contribution < 1.29 is 5.41 Å². The maximum atomic E-state index is 5.39. The summed E-state index contributed by atoms with van der Waals surface area (Å²) < 4.78 is 0. The standard InChI is InChI=1S/C5H11N/c1-3-5(6)4-2/h6H,3-4H2,1-2H3/p+1. The van der Waals surface area contributed by atoms with Crippen molar-refractivity contribution in [1.82, 2.24) is 0 Å². The molecule has 0 spiro atoms. The van der Waals surface area contributed by atoms with Crippen LogP contribution < -0.4 is 5.41 Å². The molecule has 0 aromatic rings. The third kappa shape index (κ3) is 1.94. The lowest BCUT2D eigenvalue weighted by atomic mass is 10.2. The second-order valence-electron chi connectivity index (χ2n) is 1.37. The minimum atomic E-state index is 1.02. The summed E-state index contributed by atoms with van der Waals surface area (Å²) in [6.45, 7) is 4.14. The molecule has 1 nitrogen and oxygen atoms in total. The lowest BCUT2D eigenvalue weighted by Crippen LogP contribution is -2.38. The third-order valence-electron chi connectivity index (χ3n) is 0.908.